The van der Waals surface area contributed by atoms with E-state index in [1.165, 1.54) is 12.8 Å². The molecular weight excluding hydrogens is 336 g/mol. The molecule has 0 unspecified atom stereocenters. The fourth-order valence-electron chi connectivity index (χ4n) is 3.25. The molecule has 9 nitrogen and oxygen atoms in total. The van der Waals surface area contributed by atoms with Crippen LogP contribution in [0.2, 0.25) is 0 Å². The first kappa shape index (κ1) is 18.1. The van der Waals surface area contributed by atoms with Gasteiger partial charge in [0.05, 0.1) is 24.3 Å². The Morgan fingerprint density at radius 2 is 2.15 bits per heavy atom. The van der Waals surface area contributed by atoms with Crippen molar-refractivity contribution in [2.75, 3.05) is 6.54 Å². The van der Waals surface area contributed by atoms with E-state index in [-0.39, 0.29) is 18.4 Å². The minimum Gasteiger partial charge on any atom is -0.483 e. The summed E-state index contributed by atoms with van der Waals surface area (Å²) in [4.78, 5) is 27.9. The number of nitrogens with one attached hydrogen (secondary N) is 1. The molecule has 9 heteroatoms. The van der Waals surface area contributed by atoms with Crippen LogP contribution in [0.25, 0.3) is 0 Å². The van der Waals surface area contributed by atoms with E-state index in [1.807, 2.05) is 9.58 Å². The fourth-order valence-corrected chi connectivity index (χ4v) is 3.25. The normalized spacial score (nSPS) is 18.9. The van der Waals surface area contributed by atoms with Gasteiger partial charge in [-0.25, -0.2) is 9.67 Å². The molecule has 4 rings (SSSR count). The first-order valence-electron chi connectivity index (χ1n) is 8.87. The Morgan fingerprint density at radius 1 is 1.42 bits per heavy atom. The van der Waals surface area contributed by atoms with E-state index in [4.69, 9.17) is 14.9 Å². The molecule has 3 heterocycles. The maximum absolute atomic E-state index is 12.8. The maximum Gasteiger partial charge on any atom is 0.290 e. The van der Waals surface area contributed by atoms with Crippen molar-refractivity contribution in [1.82, 2.24) is 29.9 Å². The molecule has 0 radical (unpaired) electrons. The molecule has 2 aliphatic rings. The second kappa shape index (κ2) is 7.67. The second-order valence-electron chi connectivity index (χ2n) is 7.06. The molecule has 2 N–H and O–H groups in total. The standard InChI is InChI=1S/C16H22N6O.CH2O2/c1-10(2)7-13-15-19-14(11-3-4-11)20-22(15)6-5-21(13)16(23)12-8-17-18-9-12;2-1-3/h8-11,13H,3-7H2,1-2H3,(H,17,18);1H,(H,2,3)/t13-;/m0./s1. The molecule has 1 aliphatic carbocycles. The summed E-state index contributed by atoms with van der Waals surface area (Å²) in [6.45, 7) is 5.49. The molecule has 2 aromatic rings. The highest BCUT2D eigenvalue weighted by Crippen LogP contribution is 2.40. The molecule has 0 bridgehead atoms. The van der Waals surface area contributed by atoms with E-state index >= 15 is 0 Å². The summed E-state index contributed by atoms with van der Waals surface area (Å²) in [6, 6.07) is -0.00819. The van der Waals surface area contributed by atoms with E-state index < -0.39 is 0 Å². The lowest BCUT2D eigenvalue weighted by molar-refractivity contribution is -0.122. The van der Waals surface area contributed by atoms with Crippen molar-refractivity contribution in [3.63, 3.8) is 0 Å². The van der Waals surface area contributed by atoms with Gasteiger partial charge in [-0.05, 0) is 25.2 Å². The van der Waals surface area contributed by atoms with Gasteiger partial charge in [-0.3, -0.25) is 14.7 Å². The minimum absolute atomic E-state index is 0.00819. The number of fused-ring (bicyclic) bond motifs is 1. The first-order valence-corrected chi connectivity index (χ1v) is 8.87. The highest BCUT2D eigenvalue weighted by atomic mass is 16.3. The predicted octanol–water partition coefficient (Wildman–Crippen LogP) is 1.82. The molecular formula is C17H24N6O3. The summed E-state index contributed by atoms with van der Waals surface area (Å²) in [7, 11) is 0. The number of rotatable bonds is 4. The van der Waals surface area contributed by atoms with Crippen LogP contribution in [0.4, 0.5) is 0 Å². The Labute approximate surface area is 151 Å². The number of nitrogens with zero attached hydrogens (tertiary/aromatic N) is 5. The van der Waals surface area contributed by atoms with Gasteiger partial charge < -0.3 is 10.0 Å². The zero-order valence-electron chi connectivity index (χ0n) is 15.0. The Morgan fingerprint density at radius 3 is 2.73 bits per heavy atom. The number of carbonyl (C=O) groups is 2. The van der Waals surface area contributed by atoms with E-state index in [2.05, 4.69) is 29.1 Å². The van der Waals surface area contributed by atoms with E-state index in [1.54, 1.807) is 12.4 Å². The summed E-state index contributed by atoms with van der Waals surface area (Å²) < 4.78 is 2.01. The van der Waals surface area contributed by atoms with Crippen molar-refractivity contribution in [3.8, 4) is 0 Å². The molecule has 1 amide bonds. The molecule has 2 aromatic heterocycles. The van der Waals surface area contributed by atoms with Crippen molar-refractivity contribution in [2.24, 2.45) is 5.92 Å². The van der Waals surface area contributed by atoms with Gasteiger partial charge in [-0.15, -0.1) is 0 Å². The Balaban J connectivity index is 0.000000613. The van der Waals surface area contributed by atoms with Crippen LogP contribution in [0, 0.1) is 5.92 Å². The molecule has 1 aliphatic heterocycles. The van der Waals surface area contributed by atoms with Gasteiger partial charge in [0, 0.05) is 18.7 Å². The molecule has 140 valence electrons. The SMILES string of the molecule is CC(C)C[C@H]1c2nc(C3CC3)nn2CCN1C(=O)c1cn[nH]c1.O=CO. The molecule has 0 aromatic carbocycles. The summed E-state index contributed by atoms with van der Waals surface area (Å²) in [5, 5.41) is 18.2. The highest BCUT2D eigenvalue weighted by molar-refractivity contribution is 5.94. The van der Waals surface area contributed by atoms with Crippen LogP contribution < -0.4 is 0 Å². The van der Waals surface area contributed by atoms with Gasteiger partial charge in [0.25, 0.3) is 12.4 Å². The second-order valence-corrected chi connectivity index (χ2v) is 7.06. The van der Waals surface area contributed by atoms with E-state index in [9.17, 15) is 4.79 Å². The summed E-state index contributed by atoms with van der Waals surface area (Å²) in [5.41, 5.74) is 0.606. The van der Waals surface area contributed by atoms with Gasteiger partial charge in [0.2, 0.25) is 0 Å². The van der Waals surface area contributed by atoms with Gasteiger partial charge >= 0.3 is 0 Å². The van der Waals surface area contributed by atoms with Crippen LogP contribution in [0.5, 0.6) is 0 Å². The fraction of sp³-hybridized carbons (Fsp3) is 0.588. The quantitative estimate of drug-likeness (QED) is 0.803. The number of H-pyrrole nitrogens is 1. The first-order chi connectivity index (χ1) is 12.5. The van der Waals surface area contributed by atoms with Crippen molar-refractivity contribution in [3.05, 3.63) is 29.6 Å². The van der Waals surface area contributed by atoms with Crippen LogP contribution in [0.1, 0.15) is 67.1 Å². The topological polar surface area (TPSA) is 117 Å². The molecule has 1 fully saturated rings. The Hall–Kier alpha value is -2.71. The number of carbonyl (C=O) groups excluding carboxylic acids is 1. The third-order valence-electron chi connectivity index (χ3n) is 4.59. The lowest BCUT2D eigenvalue weighted by atomic mass is 9.99. The third-order valence-corrected chi connectivity index (χ3v) is 4.59. The summed E-state index contributed by atoms with van der Waals surface area (Å²) in [5.74, 6) is 2.94. The Kier molecular flexibility index (Phi) is 5.34. The zero-order valence-corrected chi connectivity index (χ0v) is 15.0. The van der Waals surface area contributed by atoms with Crippen LogP contribution in [-0.2, 0) is 11.3 Å². The predicted molar refractivity (Wildman–Crippen MR) is 92.5 cm³/mol. The average Bonchev–Trinajstić information content (AvgIpc) is 3.13. The summed E-state index contributed by atoms with van der Waals surface area (Å²) in [6.07, 6.45) is 6.52. The number of hydrogen-bond donors (Lipinski definition) is 2. The molecule has 26 heavy (non-hydrogen) atoms. The van der Waals surface area contributed by atoms with Gasteiger partial charge in [0.1, 0.15) is 5.82 Å². The van der Waals surface area contributed by atoms with Crippen molar-refractivity contribution in [1.29, 1.82) is 0 Å². The van der Waals surface area contributed by atoms with Crippen LogP contribution in [0.3, 0.4) is 0 Å². The smallest absolute Gasteiger partial charge is 0.290 e. The zero-order chi connectivity index (χ0) is 18.7. The Bertz CT molecular complexity index is 751. The van der Waals surface area contributed by atoms with Gasteiger partial charge in [-0.2, -0.15) is 10.2 Å². The maximum atomic E-state index is 12.8. The van der Waals surface area contributed by atoms with Gasteiger partial charge in [-0.1, -0.05) is 13.8 Å². The largest absolute Gasteiger partial charge is 0.483 e. The molecule has 0 spiro atoms. The molecule has 1 atom stereocenters. The van der Waals surface area contributed by atoms with Crippen LogP contribution in [0.15, 0.2) is 12.4 Å². The van der Waals surface area contributed by atoms with Crippen molar-refractivity contribution in [2.45, 2.75) is 51.6 Å². The summed E-state index contributed by atoms with van der Waals surface area (Å²) >= 11 is 0. The number of amides is 1. The average molecular weight is 360 g/mol. The molecule has 1 saturated carbocycles. The number of carboxylic acid groups (broad SMARTS) is 1. The van der Waals surface area contributed by atoms with E-state index in [0.29, 0.717) is 30.5 Å². The monoisotopic (exact) mass is 360 g/mol. The number of hydrogen-bond acceptors (Lipinski definition) is 5. The van der Waals surface area contributed by atoms with Crippen LogP contribution >= 0.6 is 0 Å². The van der Waals surface area contributed by atoms with Crippen molar-refractivity contribution >= 4 is 12.4 Å². The lowest BCUT2D eigenvalue weighted by Crippen LogP contribution is -2.43. The third kappa shape index (κ3) is 3.76. The minimum atomic E-state index is -0.250. The number of aromatic nitrogens is 5. The number of aromatic amines is 1. The van der Waals surface area contributed by atoms with Crippen molar-refractivity contribution < 1.29 is 14.7 Å². The van der Waals surface area contributed by atoms with E-state index in [0.717, 1.165) is 18.1 Å². The highest BCUT2D eigenvalue weighted by Gasteiger charge is 2.37. The van der Waals surface area contributed by atoms with Crippen LogP contribution in [-0.4, -0.2) is 53.9 Å². The lowest BCUT2D eigenvalue weighted by Gasteiger charge is -2.35. The van der Waals surface area contributed by atoms with Gasteiger partial charge in [0.15, 0.2) is 5.82 Å². The molecule has 0 saturated heterocycles.